The monoisotopic (exact) mass is 894 g/mol. The highest BCUT2D eigenvalue weighted by molar-refractivity contribution is 5.81. The van der Waals surface area contributed by atoms with E-state index >= 15 is 0 Å². The molecule has 0 aliphatic heterocycles. The Labute approximate surface area is 405 Å². The van der Waals surface area contributed by atoms with Crippen molar-refractivity contribution in [2.75, 3.05) is 14.7 Å². The molecule has 1 aromatic heterocycles. The molecule has 69 heavy (non-hydrogen) atoms. The summed E-state index contributed by atoms with van der Waals surface area (Å²) in [6.07, 6.45) is 44.9. The van der Waals surface area contributed by atoms with Gasteiger partial charge in [0.05, 0.1) is 5.54 Å². The molecule has 8 aliphatic carbocycles. The van der Waals surface area contributed by atoms with Crippen LogP contribution in [0.25, 0.3) is 16.7 Å². The molecule has 336 valence electrons. The van der Waals surface area contributed by atoms with Gasteiger partial charge in [0.2, 0.25) is 0 Å². The van der Waals surface area contributed by atoms with Gasteiger partial charge in [-0.25, -0.2) is 15.0 Å². The van der Waals surface area contributed by atoms with Gasteiger partial charge >= 0.3 is 0 Å². The van der Waals surface area contributed by atoms with Crippen molar-refractivity contribution in [3.63, 3.8) is 0 Å². The van der Waals surface area contributed by atoms with Gasteiger partial charge < -0.3 is 14.7 Å². The van der Waals surface area contributed by atoms with Crippen LogP contribution in [0.2, 0.25) is 0 Å². The third-order valence-electron chi connectivity index (χ3n) is 15.3. The molecule has 6 heteroatoms. The maximum absolute atomic E-state index is 5.46. The largest absolute Gasteiger partial charge is 0.331 e. The summed E-state index contributed by atoms with van der Waals surface area (Å²) in [6, 6.07) is 43.3. The maximum Gasteiger partial charge on any atom is 0.164 e. The summed E-state index contributed by atoms with van der Waals surface area (Å²) in [5, 5.41) is 0. The van der Waals surface area contributed by atoms with Crippen molar-refractivity contribution in [1.29, 1.82) is 0 Å². The molecule has 5 aromatic rings. The second kappa shape index (κ2) is 17.4. The number of anilines is 4. The van der Waals surface area contributed by atoms with Crippen LogP contribution in [0.1, 0.15) is 56.0 Å². The van der Waals surface area contributed by atoms with Gasteiger partial charge in [-0.2, -0.15) is 0 Å². The van der Waals surface area contributed by atoms with Crippen LogP contribution in [0.3, 0.4) is 0 Å². The molecule has 0 N–H and O–H groups in total. The predicted octanol–water partition coefficient (Wildman–Crippen LogP) is 14.5. The molecule has 1 heterocycles. The minimum atomic E-state index is -0.164. The van der Waals surface area contributed by atoms with E-state index in [0.29, 0.717) is 35.4 Å². The second-order valence-corrected chi connectivity index (χ2v) is 19.4. The highest BCUT2D eigenvalue weighted by Gasteiger charge is 2.57. The van der Waals surface area contributed by atoms with Crippen molar-refractivity contribution >= 4 is 39.5 Å². The quantitative estimate of drug-likeness (QED) is 0.124. The van der Waals surface area contributed by atoms with Gasteiger partial charge in [0.1, 0.15) is 0 Å². The number of nitrogens with zero attached hydrogens (tertiary/aromatic N) is 6. The summed E-state index contributed by atoms with van der Waals surface area (Å²) in [5.74, 6) is 4.31. The van der Waals surface area contributed by atoms with Crippen molar-refractivity contribution < 1.29 is 0 Å². The number of allylic oxidation sites excluding steroid dienone is 20. The van der Waals surface area contributed by atoms with Crippen LogP contribution in [0.4, 0.5) is 22.7 Å². The molecule has 13 rings (SSSR count). The van der Waals surface area contributed by atoms with Gasteiger partial charge in [0.15, 0.2) is 17.5 Å². The Bertz CT molecular complexity index is 3160. The molecule has 6 nitrogen and oxygen atoms in total. The van der Waals surface area contributed by atoms with E-state index < -0.39 is 0 Å². The van der Waals surface area contributed by atoms with Crippen molar-refractivity contribution in [1.82, 2.24) is 15.0 Å². The minimum absolute atomic E-state index is 0.164. The number of hydrogen-bond donors (Lipinski definition) is 0. The fourth-order valence-electron chi connectivity index (χ4n) is 11.5. The first-order valence-electron chi connectivity index (χ1n) is 24.9. The third-order valence-corrected chi connectivity index (χ3v) is 15.3. The molecular formula is C63H54N6. The van der Waals surface area contributed by atoms with Gasteiger partial charge in [0, 0.05) is 86.4 Å². The number of aromatic nitrogens is 3. The molecular weight excluding hydrogens is 841 g/mol. The minimum Gasteiger partial charge on any atom is -0.331 e. The summed E-state index contributed by atoms with van der Waals surface area (Å²) >= 11 is 0. The van der Waals surface area contributed by atoms with E-state index in [-0.39, 0.29) is 5.54 Å². The first-order chi connectivity index (χ1) is 34.2. The molecule has 0 radical (unpaired) electrons. The van der Waals surface area contributed by atoms with Crippen LogP contribution in [0.15, 0.2) is 247 Å². The third kappa shape index (κ3) is 7.65. The number of hydrogen-bond acceptors (Lipinski definition) is 6. The lowest BCUT2D eigenvalue weighted by molar-refractivity contribution is 0.273. The summed E-state index contributed by atoms with van der Waals surface area (Å²) in [6.45, 7) is 0. The molecule has 4 aromatic carbocycles. The Kier molecular flexibility index (Phi) is 10.4. The molecule has 0 saturated heterocycles. The summed E-state index contributed by atoms with van der Waals surface area (Å²) in [4.78, 5) is 23.8. The SMILES string of the molecule is C1=CCC=C(N(C2=CC=C(c3nc(C4=CC=C(N(C5=CC=CC6CC56)c5ccccc5)CC=C4)nc(C4=CC5CC5(N(c5ccccc5)c5ccccc5)C=C4)n3)C3CCC23)c2ccccc2)C=C1. The predicted molar refractivity (Wildman–Crippen MR) is 283 cm³/mol. The van der Waals surface area contributed by atoms with E-state index in [4.69, 9.17) is 15.0 Å². The second-order valence-electron chi connectivity index (χ2n) is 19.4. The topological polar surface area (TPSA) is 48.4 Å². The van der Waals surface area contributed by atoms with E-state index in [1.807, 2.05) is 0 Å². The molecule has 6 unspecified atom stereocenters. The lowest BCUT2D eigenvalue weighted by Gasteiger charge is -2.45. The van der Waals surface area contributed by atoms with Crippen molar-refractivity contribution in [3.8, 4) is 0 Å². The molecule has 3 fully saturated rings. The van der Waals surface area contributed by atoms with Crippen molar-refractivity contribution in [3.05, 3.63) is 265 Å². The zero-order chi connectivity index (χ0) is 45.7. The Morgan fingerprint density at radius 1 is 0.522 bits per heavy atom. The van der Waals surface area contributed by atoms with E-state index in [9.17, 15) is 0 Å². The fourth-order valence-corrected chi connectivity index (χ4v) is 11.5. The average Bonchev–Trinajstić information content (AvgIpc) is 4.32. The molecule has 8 aliphatic rings. The number of rotatable bonds is 12. The van der Waals surface area contributed by atoms with E-state index in [0.717, 1.165) is 54.9 Å². The van der Waals surface area contributed by atoms with Crippen molar-refractivity contribution in [2.45, 2.75) is 44.1 Å². The normalized spacial score (nSPS) is 25.6. The molecule has 3 saturated carbocycles. The Hall–Kier alpha value is -7.83. The average molecular weight is 895 g/mol. The molecule has 0 bridgehead atoms. The van der Waals surface area contributed by atoms with Crippen LogP contribution in [-0.2, 0) is 0 Å². The molecule has 6 atom stereocenters. The highest BCUT2D eigenvalue weighted by Crippen LogP contribution is 2.58. The van der Waals surface area contributed by atoms with Crippen LogP contribution < -0.4 is 14.7 Å². The fraction of sp³-hybridized carbons (Fsp3) is 0.190. The Morgan fingerprint density at radius 3 is 1.87 bits per heavy atom. The van der Waals surface area contributed by atoms with Crippen LogP contribution in [-0.4, -0.2) is 20.5 Å². The van der Waals surface area contributed by atoms with E-state index in [1.165, 1.54) is 57.5 Å². The first-order valence-corrected chi connectivity index (χ1v) is 24.9. The molecule has 0 spiro atoms. The number of fused-ring (bicyclic) bond motifs is 3. The number of para-hydroxylation sites is 4. The first kappa shape index (κ1) is 41.4. The summed E-state index contributed by atoms with van der Waals surface area (Å²) < 4.78 is 0. The van der Waals surface area contributed by atoms with Gasteiger partial charge in [-0.05, 0) is 123 Å². The lowest BCUT2D eigenvalue weighted by Crippen LogP contribution is -2.38. The van der Waals surface area contributed by atoms with Gasteiger partial charge in [-0.15, -0.1) is 0 Å². The van der Waals surface area contributed by atoms with Gasteiger partial charge in [0.25, 0.3) is 0 Å². The maximum atomic E-state index is 5.46. The van der Waals surface area contributed by atoms with E-state index in [2.05, 4.69) is 239 Å². The smallest absolute Gasteiger partial charge is 0.164 e. The standard InChI is InChI=1S/C63H54N6/c1-2-8-22-48(21-7-1)67(49-23-9-3-10-24-49)59-38-37-56(54-35-36-55(54)59)62-65-60(44-19-17-31-51(34-33-44)68(50-25-11-4-12-26-50)58-32-18-20-45-42-57(45)58)64-61(66-62)46-39-40-63(43-47(63)41-46)69(52-27-13-5-14-28-52)53-29-15-6-16-30-53/h1-7,9-30,32-34,37-41,45,47,54-55,57H,8,31,35-36,42-43H2. The Morgan fingerprint density at radius 2 is 1.17 bits per heavy atom. The summed E-state index contributed by atoms with van der Waals surface area (Å²) in [5.41, 5.74) is 13.0. The van der Waals surface area contributed by atoms with Gasteiger partial charge in [-0.3, -0.25) is 0 Å². The molecule has 0 amide bonds. The van der Waals surface area contributed by atoms with E-state index in [1.54, 1.807) is 0 Å². The van der Waals surface area contributed by atoms with Crippen LogP contribution >= 0.6 is 0 Å². The van der Waals surface area contributed by atoms with Crippen LogP contribution in [0, 0.1) is 29.6 Å². The van der Waals surface area contributed by atoms with Crippen molar-refractivity contribution in [2.24, 2.45) is 29.6 Å². The van der Waals surface area contributed by atoms with Crippen LogP contribution in [0.5, 0.6) is 0 Å². The zero-order valence-corrected chi connectivity index (χ0v) is 38.7. The lowest BCUT2D eigenvalue weighted by atomic mass is 9.65. The van der Waals surface area contributed by atoms with Gasteiger partial charge in [-0.1, -0.05) is 146 Å². The highest BCUT2D eigenvalue weighted by atomic mass is 15.3. The summed E-state index contributed by atoms with van der Waals surface area (Å²) in [7, 11) is 0. The Balaban J connectivity index is 0.907. The number of benzene rings is 4. The zero-order valence-electron chi connectivity index (χ0n) is 38.7.